The fourth-order valence-electron chi connectivity index (χ4n) is 2.71. The van der Waals surface area contributed by atoms with Gasteiger partial charge in [0.1, 0.15) is 5.75 Å². The fourth-order valence-corrected chi connectivity index (χ4v) is 2.90. The second kappa shape index (κ2) is 6.93. The van der Waals surface area contributed by atoms with E-state index in [1.54, 1.807) is 54.5 Å². The number of hydrogen-bond donors (Lipinski definition) is 1. The second-order valence-corrected chi connectivity index (χ2v) is 5.94. The number of halogens is 1. The Morgan fingerprint density at radius 1 is 1.25 bits per heavy atom. The van der Waals surface area contributed by atoms with Gasteiger partial charge in [-0.25, -0.2) is 0 Å². The van der Waals surface area contributed by atoms with E-state index >= 15 is 0 Å². The topological polar surface area (TPSA) is 58.6 Å². The zero-order valence-electron chi connectivity index (χ0n) is 13.2. The molecule has 0 spiro atoms. The van der Waals surface area contributed by atoms with Gasteiger partial charge in [-0.05, 0) is 42.8 Å². The van der Waals surface area contributed by atoms with Crippen molar-refractivity contribution in [2.75, 3.05) is 23.9 Å². The number of carbonyl (C=O) groups is 2. The van der Waals surface area contributed by atoms with Crippen molar-refractivity contribution >= 4 is 34.8 Å². The third kappa shape index (κ3) is 3.36. The van der Waals surface area contributed by atoms with Crippen molar-refractivity contribution in [1.82, 2.24) is 0 Å². The molecule has 1 aliphatic heterocycles. The number of nitrogens with zero attached hydrogens (tertiary/aromatic N) is 1. The molecule has 6 heteroatoms. The third-order valence-corrected chi connectivity index (χ3v) is 4.12. The standard InChI is InChI=1S/C18H17ClN2O3/c1-24-16-8-7-14(11-15(16)21-9-3-6-17(21)22)20-18(23)12-4-2-5-13(19)10-12/h2,4-5,7-8,10-11H,3,6,9H2,1H3,(H,20,23). The van der Waals surface area contributed by atoms with Gasteiger partial charge in [0.15, 0.2) is 0 Å². The van der Waals surface area contributed by atoms with E-state index in [9.17, 15) is 9.59 Å². The van der Waals surface area contributed by atoms with Crippen LogP contribution in [0.3, 0.4) is 0 Å². The van der Waals surface area contributed by atoms with E-state index in [4.69, 9.17) is 16.3 Å². The minimum absolute atomic E-state index is 0.0617. The molecular weight excluding hydrogens is 328 g/mol. The third-order valence-electron chi connectivity index (χ3n) is 3.89. The molecule has 5 nitrogen and oxygen atoms in total. The van der Waals surface area contributed by atoms with Gasteiger partial charge in [0.2, 0.25) is 5.91 Å². The van der Waals surface area contributed by atoms with Crippen molar-refractivity contribution in [3.8, 4) is 5.75 Å². The summed E-state index contributed by atoms with van der Waals surface area (Å²) in [4.78, 5) is 26.0. The molecule has 0 bridgehead atoms. The summed E-state index contributed by atoms with van der Waals surface area (Å²) in [6, 6.07) is 12.0. The van der Waals surface area contributed by atoms with E-state index in [0.717, 1.165) is 6.42 Å². The van der Waals surface area contributed by atoms with Gasteiger partial charge < -0.3 is 15.0 Å². The molecular formula is C18H17ClN2O3. The van der Waals surface area contributed by atoms with E-state index in [1.807, 2.05) is 0 Å². The molecule has 0 atom stereocenters. The Balaban J connectivity index is 1.86. The van der Waals surface area contributed by atoms with E-state index in [2.05, 4.69) is 5.32 Å². The summed E-state index contributed by atoms with van der Waals surface area (Å²) in [6.45, 7) is 0.654. The molecule has 2 aromatic rings. The maximum atomic E-state index is 12.3. The summed E-state index contributed by atoms with van der Waals surface area (Å²) in [5.74, 6) is 0.402. The Hall–Kier alpha value is -2.53. The molecule has 1 heterocycles. The van der Waals surface area contributed by atoms with Crippen LogP contribution < -0.4 is 15.0 Å². The van der Waals surface area contributed by atoms with Crippen LogP contribution in [0.15, 0.2) is 42.5 Å². The number of carbonyl (C=O) groups excluding carboxylic acids is 2. The monoisotopic (exact) mass is 344 g/mol. The van der Waals surface area contributed by atoms with E-state index in [1.165, 1.54) is 0 Å². The summed E-state index contributed by atoms with van der Waals surface area (Å²) < 4.78 is 5.34. The zero-order valence-corrected chi connectivity index (χ0v) is 14.0. The predicted molar refractivity (Wildman–Crippen MR) is 94.0 cm³/mol. The van der Waals surface area contributed by atoms with Gasteiger partial charge in [-0.3, -0.25) is 9.59 Å². The first-order chi connectivity index (χ1) is 11.6. The summed E-state index contributed by atoms with van der Waals surface area (Å²) in [6.07, 6.45) is 1.35. The molecule has 124 valence electrons. The molecule has 1 aliphatic rings. The lowest BCUT2D eigenvalue weighted by molar-refractivity contribution is -0.117. The van der Waals surface area contributed by atoms with Gasteiger partial charge in [0, 0.05) is 29.2 Å². The Kier molecular flexibility index (Phi) is 4.71. The molecule has 0 radical (unpaired) electrons. The SMILES string of the molecule is COc1ccc(NC(=O)c2cccc(Cl)c2)cc1N1CCCC1=O. The van der Waals surface area contributed by atoms with Crippen molar-refractivity contribution in [3.05, 3.63) is 53.1 Å². The largest absolute Gasteiger partial charge is 0.495 e. The molecule has 3 rings (SSSR count). The van der Waals surface area contributed by atoms with Crippen LogP contribution in [0, 0.1) is 0 Å². The number of anilines is 2. The first-order valence-electron chi connectivity index (χ1n) is 7.64. The number of rotatable bonds is 4. The quantitative estimate of drug-likeness (QED) is 0.919. The minimum atomic E-state index is -0.263. The number of nitrogens with one attached hydrogen (secondary N) is 1. The lowest BCUT2D eigenvalue weighted by Crippen LogP contribution is -2.24. The summed E-state index contributed by atoms with van der Waals surface area (Å²) in [7, 11) is 1.56. The molecule has 0 saturated carbocycles. The molecule has 1 saturated heterocycles. The first-order valence-corrected chi connectivity index (χ1v) is 8.01. The highest BCUT2D eigenvalue weighted by molar-refractivity contribution is 6.31. The molecule has 24 heavy (non-hydrogen) atoms. The number of ether oxygens (including phenoxy) is 1. The molecule has 1 N–H and O–H groups in total. The maximum Gasteiger partial charge on any atom is 0.255 e. The van der Waals surface area contributed by atoms with Gasteiger partial charge in [0.05, 0.1) is 12.8 Å². The first kappa shape index (κ1) is 16.3. The minimum Gasteiger partial charge on any atom is -0.495 e. The molecule has 0 unspecified atom stereocenters. The summed E-state index contributed by atoms with van der Waals surface area (Å²) in [5.41, 5.74) is 1.73. The highest BCUT2D eigenvalue weighted by Gasteiger charge is 2.25. The lowest BCUT2D eigenvalue weighted by Gasteiger charge is -2.20. The Labute approximate surface area is 145 Å². The lowest BCUT2D eigenvalue weighted by atomic mass is 10.2. The van der Waals surface area contributed by atoms with Crippen LogP contribution in [0.25, 0.3) is 0 Å². The van der Waals surface area contributed by atoms with Crippen molar-refractivity contribution in [2.45, 2.75) is 12.8 Å². The van der Waals surface area contributed by atoms with E-state index < -0.39 is 0 Å². The molecule has 2 aromatic carbocycles. The average Bonchev–Trinajstić information content (AvgIpc) is 3.00. The number of amides is 2. The fraction of sp³-hybridized carbons (Fsp3) is 0.222. The molecule has 0 aromatic heterocycles. The summed E-state index contributed by atoms with van der Waals surface area (Å²) in [5, 5.41) is 3.33. The normalized spacial score (nSPS) is 13.9. The molecule has 0 aliphatic carbocycles. The smallest absolute Gasteiger partial charge is 0.255 e. The van der Waals surface area contributed by atoms with Gasteiger partial charge in [-0.1, -0.05) is 17.7 Å². The van der Waals surface area contributed by atoms with Crippen LogP contribution in [-0.4, -0.2) is 25.5 Å². The summed E-state index contributed by atoms with van der Waals surface area (Å²) >= 11 is 5.92. The van der Waals surface area contributed by atoms with Crippen LogP contribution in [-0.2, 0) is 4.79 Å². The number of methoxy groups -OCH3 is 1. The molecule has 1 fully saturated rings. The van der Waals surface area contributed by atoms with Crippen LogP contribution >= 0.6 is 11.6 Å². The Morgan fingerprint density at radius 3 is 2.75 bits per heavy atom. The predicted octanol–water partition coefficient (Wildman–Crippen LogP) is 3.73. The van der Waals surface area contributed by atoms with Gasteiger partial charge in [-0.15, -0.1) is 0 Å². The van der Waals surface area contributed by atoms with Crippen LogP contribution in [0.1, 0.15) is 23.2 Å². The van der Waals surface area contributed by atoms with Crippen LogP contribution in [0.2, 0.25) is 5.02 Å². The number of benzene rings is 2. The van der Waals surface area contributed by atoms with E-state index in [-0.39, 0.29) is 11.8 Å². The van der Waals surface area contributed by atoms with Crippen molar-refractivity contribution in [1.29, 1.82) is 0 Å². The van der Waals surface area contributed by atoms with Gasteiger partial charge in [-0.2, -0.15) is 0 Å². The van der Waals surface area contributed by atoms with Crippen LogP contribution in [0.5, 0.6) is 5.75 Å². The van der Waals surface area contributed by atoms with Gasteiger partial charge >= 0.3 is 0 Å². The van der Waals surface area contributed by atoms with E-state index in [0.29, 0.717) is 40.7 Å². The maximum absolute atomic E-state index is 12.3. The van der Waals surface area contributed by atoms with Crippen LogP contribution in [0.4, 0.5) is 11.4 Å². The highest BCUT2D eigenvalue weighted by atomic mass is 35.5. The average molecular weight is 345 g/mol. The van der Waals surface area contributed by atoms with Crippen molar-refractivity contribution in [3.63, 3.8) is 0 Å². The van der Waals surface area contributed by atoms with Crippen molar-refractivity contribution < 1.29 is 14.3 Å². The molecule has 2 amide bonds. The van der Waals surface area contributed by atoms with Crippen molar-refractivity contribution in [2.24, 2.45) is 0 Å². The number of hydrogen-bond acceptors (Lipinski definition) is 3. The zero-order chi connectivity index (χ0) is 17.1. The Morgan fingerprint density at radius 2 is 2.08 bits per heavy atom. The second-order valence-electron chi connectivity index (χ2n) is 5.50. The highest BCUT2D eigenvalue weighted by Crippen LogP contribution is 2.34. The Bertz CT molecular complexity index is 792. The van der Waals surface area contributed by atoms with Gasteiger partial charge in [0.25, 0.3) is 5.91 Å².